The molecule has 2 aromatic heterocycles. The molecule has 1 N–H and O–H groups in total. The Bertz CT molecular complexity index is 1390. The number of hydrogen-bond donors (Lipinski definition) is 1. The van der Waals surface area contributed by atoms with Crippen LogP contribution in [0.25, 0.3) is 11.1 Å². The number of pyridine rings is 1. The van der Waals surface area contributed by atoms with Crippen molar-refractivity contribution in [2.45, 2.75) is 38.6 Å². The molecule has 35 heavy (non-hydrogen) atoms. The number of nitriles is 1. The van der Waals surface area contributed by atoms with Gasteiger partial charge >= 0.3 is 6.03 Å². The first kappa shape index (κ1) is 22.7. The average molecular weight is 486 g/mol. The highest BCUT2D eigenvalue weighted by Crippen LogP contribution is 2.48. The lowest BCUT2D eigenvalue weighted by molar-refractivity contribution is -0.123. The van der Waals surface area contributed by atoms with Crippen LogP contribution >= 0.6 is 12.2 Å². The second kappa shape index (κ2) is 8.60. The molecule has 0 bridgehead atoms. The van der Waals surface area contributed by atoms with Gasteiger partial charge in [0.2, 0.25) is 0 Å². The van der Waals surface area contributed by atoms with Gasteiger partial charge in [0.25, 0.3) is 5.91 Å². The Labute approximate surface area is 208 Å². The van der Waals surface area contributed by atoms with Gasteiger partial charge in [0.1, 0.15) is 17.3 Å². The molecule has 1 spiro atoms. The van der Waals surface area contributed by atoms with Crippen LogP contribution in [0.4, 0.5) is 16.2 Å². The molecule has 0 atom stereocenters. The zero-order valence-electron chi connectivity index (χ0n) is 19.4. The van der Waals surface area contributed by atoms with E-state index in [1.54, 1.807) is 30.3 Å². The lowest BCUT2D eigenvalue weighted by atomic mass is 9.75. The summed E-state index contributed by atoms with van der Waals surface area (Å²) in [5.74, 6) is -0.0630. The van der Waals surface area contributed by atoms with E-state index in [1.165, 1.54) is 10.9 Å². The molecule has 176 valence electrons. The zero-order valence-corrected chi connectivity index (χ0v) is 20.2. The molecule has 0 unspecified atom stereocenters. The Hall–Kier alpha value is -4.10. The smallest absolute Gasteiger partial charge is 0.336 e. The first-order chi connectivity index (χ1) is 16.9. The molecular formula is C25H23N7O2S. The molecule has 2 fully saturated rings. The normalized spacial score (nSPS) is 16.4. The largest absolute Gasteiger partial charge is 0.342 e. The van der Waals surface area contributed by atoms with Crippen molar-refractivity contribution < 1.29 is 9.59 Å². The van der Waals surface area contributed by atoms with Gasteiger partial charge in [0, 0.05) is 24.0 Å². The van der Waals surface area contributed by atoms with E-state index in [2.05, 4.69) is 21.5 Å². The van der Waals surface area contributed by atoms with Crippen molar-refractivity contribution in [2.24, 2.45) is 0 Å². The van der Waals surface area contributed by atoms with Crippen molar-refractivity contribution in [3.05, 3.63) is 60.2 Å². The lowest BCUT2D eigenvalue weighted by Gasteiger charge is -2.43. The van der Waals surface area contributed by atoms with Crippen molar-refractivity contribution in [1.29, 1.82) is 5.26 Å². The van der Waals surface area contributed by atoms with Gasteiger partial charge in [-0.1, -0.05) is 12.1 Å². The number of rotatable bonds is 4. The van der Waals surface area contributed by atoms with Gasteiger partial charge < -0.3 is 10.2 Å². The summed E-state index contributed by atoms with van der Waals surface area (Å²) >= 11 is 5.82. The molecule has 1 aliphatic carbocycles. The third kappa shape index (κ3) is 3.56. The number of amides is 2. The van der Waals surface area contributed by atoms with Crippen LogP contribution in [0, 0.1) is 18.3 Å². The molecule has 3 heterocycles. The molecule has 9 nitrogen and oxygen atoms in total. The SMILES string of the molecule is CCNC(=O)n1cc(-c2ccc(N3C(=S)N(c4cnc(C#N)c(C)c4)C(=O)C34CCC4)cc2)cn1. The number of anilines is 2. The fraction of sp³-hybridized carbons (Fsp3) is 0.280. The number of nitrogens with zero attached hydrogens (tertiary/aromatic N) is 6. The van der Waals surface area contributed by atoms with E-state index in [0.29, 0.717) is 41.4 Å². The lowest BCUT2D eigenvalue weighted by Crippen LogP contribution is -2.55. The second-order valence-corrected chi connectivity index (χ2v) is 9.04. The van der Waals surface area contributed by atoms with Gasteiger partial charge in [0.15, 0.2) is 5.11 Å². The van der Waals surface area contributed by atoms with Crippen LogP contribution in [0.1, 0.15) is 37.4 Å². The third-order valence-corrected chi connectivity index (χ3v) is 6.96. The third-order valence-electron chi connectivity index (χ3n) is 6.60. The Balaban J connectivity index is 1.46. The van der Waals surface area contributed by atoms with Gasteiger partial charge in [-0.2, -0.15) is 15.0 Å². The highest BCUT2D eigenvalue weighted by Gasteiger charge is 2.59. The highest BCUT2D eigenvalue weighted by molar-refractivity contribution is 7.81. The number of carbonyl (C=O) groups is 2. The molecule has 3 aromatic rings. The molecular weight excluding hydrogens is 462 g/mol. The van der Waals surface area contributed by atoms with Crippen molar-refractivity contribution in [2.75, 3.05) is 16.3 Å². The van der Waals surface area contributed by atoms with Gasteiger partial charge in [0.05, 0.1) is 18.1 Å². The number of hydrogen-bond acceptors (Lipinski definition) is 6. The number of aromatic nitrogens is 3. The first-order valence-electron chi connectivity index (χ1n) is 11.4. The van der Waals surface area contributed by atoms with Crippen molar-refractivity contribution in [1.82, 2.24) is 20.1 Å². The Morgan fingerprint density at radius 3 is 2.54 bits per heavy atom. The van der Waals surface area contributed by atoms with E-state index in [0.717, 1.165) is 23.2 Å². The van der Waals surface area contributed by atoms with E-state index in [1.807, 2.05) is 36.1 Å². The van der Waals surface area contributed by atoms with Gasteiger partial charge in [-0.15, -0.1) is 0 Å². The van der Waals surface area contributed by atoms with Crippen molar-refractivity contribution in [3.8, 4) is 17.2 Å². The predicted molar refractivity (Wildman–Crippen MR) is 135 cm³/mol. The summed E-state index contributed by atoms with van der Waals surface area (Å²) < 4.78 is 1.27. The van der Waals surface area contributed by atoms with Crippen LogP contribution in [0.3, 0.4) is 0 Å². The summed E-state index contributed by atoms with van der Waals surface area (Å²) in [4.78, 5) is 33.3. The minimum absolute atomic E-state index is 0.0630. The molecule has 2 amide bonds. The highest BCUT2D eigenvalue weighted by atomic mass is 32.1. The Morgan fingerprint density at radius 2 is 1.94 bits per heavy atom. The molecule has 10 heteroatoms. The number of carbonyl (C=O) groups excluding carboxylic acids is 2. The van der Waals surface area contributed by atoms with Crippen LogP contribution in [-0.2, 0) is 4.79 Å². The standard InChI is InChI=1S/C25H23N7O2S/c1-3-27-23(34)30-15-18(13-29-30)17-5-7-19(8-6-17)32-24(35)31(22(33)25(32)9-4-10-25)20-11-16(2)21(12-26)28-14-20/h5-8,11,13-15H,3-4,9-10H2,1-2H3,(H,27,34). The summed E-state index contributed by atoms with van der Waals surface area (Å²) in [7, 11) is 0. The first-order valence-corrected chi connectivity index (χ1v) is 11.8. The number of aryl methyl sites for hydroxylation is 1. The monoisotopic (exact) mass is 485 g/mol. The molecule has 1 saturated heterocycles. The fourth-order valence-corrected chi connectivity index (χ4v) is 5.09. The van der Waals surface area contributed by atoms with Crippen LogP contribution in [0.2, 0.25) is 0 Å². The molecule has 1 saturated carbocycles. The summed E-state index contributed by atoms with van der Waals surface area (Å²) in [5, 5.41) is 16.5. The zero-order chi connectivity index (χ0) is 24.7. The number of nitrogens with one attached hydrogen (secondary N) is 1. The Kier molecular flexibility index (Phi) is 5.57. The minimum Gasteiger partial charge on any atom is -0.336 e. The average Bonchev–Trinajstić information content (AvgIpc) is 3.40. The van der Waals surface area contributed by atoms with Crippen molar-refractivity contribution in [3.63, 3.8) is 0 Å². The van der Waals surface area contributed by atoms with Crippen LogP contribution in [0.15, 0.2) is 48.9 Å². The van der Waals surface area contributed by atoms with E-state index >= 15 is 0 Å². The summed E-state index contributed by atoms with van der Waals surface area (Å²) in [6, 6.07) is 11.3. The fourth-order valence-electron chi connectivity index (χ4n) is 4.63. The van der Waals surface area contributed by atoms with E-state index in [4.69, 9.17) is 12.2 Å². The summed E-state index contributed by atoms with van der Waals surface area (Å²) in [6.45, 7) is 4.17. The van der Waals surface area contributed by atoms with Crippen LogP contribution in [-0.4, -0.2) is 43.9 Å². The Morgan fingerprint density at radius 1 is 1.20 bits per heavy atom. The minimum atomic E-state index is -0.705. The van der Waals surface area contributed by atoms with Gasteiger partial charge in [-0.25, -0.2) is 9.78 Å². The molecule has 1 aromatic carbocycles. The predicted octanol–water partition coefficient (Wildman–Crippen LogP) is 3.76. The van der Waals surface area contributed by atoms with E-state index < -0.39 is 5.54 Å². The van der Waals surface area contributed by atoms with E-state index in [9.17, 15) is 14.9 Å². The number of thiocarbonyl (C=S) groups is 1. The summed E-state index contributed by atoms with van der Waals surface area (Å²) in [6.07, 6.45) is 7.23. The summed E-state index contributed by atoms with van der Waals surface area (Å²) in [5.41, 5.74) is 3.41. The van der Waals surface area contributed by atoms with Crippen LogP contribution < -0.4 is 15.1 Å². The maximum absolute atomic E-state index is 13.6. The molecule has 5 rings (SSSR count). The molecule has 2 aliphatic rings. The van der Waals surface area contributed by atoms with Crippen LogP contribution in [0.5, 0.6) is 0 Å². The maximum Gasteiger partial charge on any atom is 0.342 e. The van der Waals surface area contributed by atoms with Gasteiger partial charge in [-0.3, -0.25) is 9.69 Å². The van der Waals surface area contributed by atoms with E-state index in [-0.39, 0.29) is 11.9 Å². The second-order valence-electron chi connectivity index (χ2n) is 8.67. The topological polar surface area (TPSA) is 107 Å². The van der Waals surface area contributed by atoms with Gasteiger partial charge in [-0.05, 0) is 74.7 Å². The molecule has 0 radical (unpaired) electrons. The number of benzene rings is 1. The van der Waals surface area contributed by atoms with Crippen molar-refractivity contribution >= 4 is 40.6 Å². The quantitative estimate of drug-likeness (QED) is 0.561. The molecule has 1 aliphatic heterocycles. The maximum atomic E-state index is 13.6.